The number of carbonyl (C=O) groups is 1. The third-order valence-electron chi connectivity index (χ3n) is 3.08. The molecule has 98 valence electrons. The van der Waals surface area contributed by atoms with Gasteiger partial charge in [-0.05, 0) is 25.7 Å². The maximum absolute atomic E-state index is 12.2. The number of hydrogen-bond donors (Lipinski definition) is 1. The van der Waals surface area contributed by atoms with Crippen LogP contribution in [0, 0.1) is 0 Å². The molecule has 0 spiro atoms. The number of carbonyl (C=O) groups excluding carboxylic acids is 1. The molecule has 0 radical (unpaired) electrons. The van der Waals surface area contributed by atoms with Gasteiger partial charge < -0.3 is 10.2 Å². The number of nitrogens with zero attached hydrogens (tertiary/aromatic N) is 3. The Bertz CT molecular complexity index is 384. The molecule has 0 saturated carbocycles. The van der Waals surface area contributed by atoms with E-state index in [4.69, 9.17) is 0 Å². The van der Waals surface area contributed by atoms with Crippen LogP contribution in [-0.4, -0.2) is 40.4 Å². The summed E-state index contributed by atoms with van der Waals surface area (Å²) in [5.74, 6) is 0.642. The van der Waals surface area contributed by atoms with E-state index >= 15 is 0 Å². The van der Waals surface area contributed by atoms with Crippen LogP contribution in [0.1, 0.15) is 43.0 Å². The molecular formula is C13H20N4O. The summed E-state index contributed by atoms with van der Waals surface area (Å²) in [7, 11) is 0. The minimum absolute atomic E-state index is 0.0525. The van der Waals surface area contributed by atoms with E-state index in [9.17, 15) is 4.79 Å². The van der Waals surface area contributed by atoms with Crippen LogP contribution in [0.2, 0.25) is 0 Å². The van der Waals surface area contributed by atoms with E-state index in [1.807, 2.05) is 4.90 Å². The van der Waals surface area contributed by atoms with Gasteiger partial charge in [-0.15, -0.1) is 0 Å². The normalized spacial score (nSPS) is 15.5. The van der Waals surface area contributed by atoms with Crippen molar-refractivity contribution in [3.8, 4) is 0 Å². The highest BCUT2D eigenvalue weighted by atomic mass is 16.2. The summed E-state index contributed by atoms with van der Waals surface area (Å²) >= 11 is 0. The zero-order valence-electron chi connectivity index (χ0n) is 10.9. The lowest BCUT2D eigenvalue weighted by Gasteiger charge is -2.26. The molecule has 2 heterocycles. The van der Waals surface area contributed by atoms with Crippen molar-refractivity contribution in [1.82, 2.24) is 14.9 Å². The SMILES string of the molecule is CCCNc1ncc(C(=O)N2CCCCC2)cn1. The fourth-order valence-corrected chi connectivity index (χ4v) is 2.05. The van der Waals surface area contributed by atoms with Gasteiger partial charge in [0, 0.05) is 32.0 Å². The van der Waals surface area contributed by atoms with Crippen LogP contribution >= 0.6 is 0 Å². The molecule has 2 rings (SSSR count). The average molecular weight is 248 g/mol. The lowest BCUT2D eigenvalue weighted by atomic mass is 10.1. The van der Waals surface area contributed by atoms with E-state index in [0.717, 1.165) is 38.9 Å². The Hall–Kier alpha value is -1.65. The van der Waals surface area contributed by atoms with E-state index in [-0.39, 0.29) is 5.91 Å². The molecule has 0 aromatic carbocycles. The number of hydrogen-bond acceptors (Lipinski definition) is 4. The van der Waals surface area contributed by atoms with E-state index in [1.165, 1.54) is 6.42 Å². The monoisotopic (exact) mass is 248 g/mol. The molecule has 0 bridgehead atoms. The average Bonchev–Trinajstić information content (AvgIpc) is 2.46. The minimum Gasteiger partial charge on any atom is -0.354 e. The standard InChI is InChI=1S/C13H20N4O/c1-2-6-14-13-15-9-11(10-16-13)12(18)17-7-4-3-5-8-17/h9-10H,2-8H2,1H3,(H,14,15,16). The molecule has 1 aromatic rings. The molecule has 1 fully saturated rings. The van der Waals surface area contributed by atoms with Crippen LogP contribution in [0.15, 0.2) is 12.4 Å². The molecule has 1 amide bonds. The quantitative estimate of drug-likeness (QED) is 0.884. The lowest BCUT2D eigenvalue weighted by molar-refractivity contribution is 0.0723. The van der Waals surface area contributed by atoms with Crippen molar-refractivity contribution >= 4 is 11.9 Å². The summed E-state index contributed by atoms with van der Waals surface area (Å²) in [6.45, 7) is 4.64. The summed E-state index contributed by atoms with van der Waals surface area (Å²) in [5, 5.41) is 3.09. The van der Waals surface area contributed by atoms with Crippen LogP contribution in [-0.2, 0) is 0 Å². The fraction of sp³-hybridized carbons (Fsp3) is 0.615. The number of aromatic nitrogens is 2. The first-order chi connectivity index (χ1) is 8.81. The van der Waals surface area contributed by atoms with Gasteiger partial charge in [-0.2, -0.15) is 0 Å². The highest BCUT2D eigenvalue weighted by molar-refractivity contribution is 5.93. The Labute approximate surface area is 108 Å². The summed E-state index contributed by atoms with van der Waals surface area (Å²) < 4.78 is 0. The van der Waals surface area contributed by atoms with Gasteiger partial charge in [0.05, 0.1) is 5.56 Å². The number of piperidine rings is 1. The molecular weight excluding hydrogens is 228 g/mol. The predicted octanol–water partition coefficient (Wildman–Crippen LogP) is 1.92. The number of likely N-dealkylation sites (tertiary alicyclic amines) is 1. The van der Waals surface area contributed by atoms with Gasteiger partial charge in [0.25, 0.3) is 5.91 Å². The van der Waals surface area contributed by atoms with Gasteiger partial charge in [0.15, 0.2) is 0 Å². The minimum atomic E-state index is 0.0525. The summed E-state index contributed by atoms with van der Waals surface area (Å²) in [5.41, 5.74) is 0.582. The lowest BCUT2D eigenvalue weighted by Crippen LogP contribution is -2.35. The van der Waals surface area contributed by atoms with Crippen LogP contribution in [0.3, 0.4) is 0 Å². The third kappa shape index (κ3) is 3.18. The second-order valence-electron chi connectivity index (χ2n) is 4.57. The predicted molar refractivity (Wildman–Crippen MR) is 70.6 cm³/mol. The maximum Gasteiger partial charge on any atom is 0.256 e. The molecule has 0 atom stereocenters. The van der Waals surface area contributed by atoms with Gasteiger partial charge in [0.1, 0.15) is 0 Å². The largest absolute Gasteiger partial charge is 0.354 e. The first-order valence-corrected chi connectivity index (χ1v) is 6.66. The van der Waals surface area contributed by atoms with Gasteiger partial charge in [0.2, 0.25) is 5.95 Å². The zero-order chi connectivity index (χ0) is 12.8. The van der Waals surface area contributed by atoms with Crippen molar-refractivity contribution in [2.24, 2.45) is 0 Å². The van der Waals surface area contributed by atoms with E-state index in [1.54, 1.807) is 12.4 Å². The zero-order valence-corrected chi connectivity index (χ0v) is 10.9. The third-order valence-corrected chi connectivity index (χ3v) is 3.08. The second-order valence-corrected chi connectivity index (χ2v) is 4.57. The Kier molecular flexibility index (Phi) is 4.50. The second kappa shape index (κ2) is 6.33. The molecule has 1 saturated heterocycles. The molecule has 5 nitrogen and oxygen atoms in total. The van der Waals surface area contributed by atoms with Crippen molar-refractivity contribution in [2.45, 2.75) is 32.6 Å². The smallest absolute Gasteiger partial charge is 0.256 e. The summed E-state index contributed by atoms with van der Waals surface area (Å²) in [4.78, 5) is 22.4. The van der Waals surface area contributed by atoms with Crippen molar-refractivity contribution in [3.05, 3.63) is 18.0 Å². The van der Waals surface area contributed by atoms with Gasteiger partial charge in [-0.3, -0.25) is 4.79 Å². The van der Waals surface area contributed by atoms with Crippen LogP contribution in [0.25, 0.3) is 0 Å². The van der Waals surface area contributed by atoms with E-state index in [0.29, 0.717) is 11.5 Å². The Morgan fingerprint density at radius 3 is 2.56 bits per heavy atom. The number of amides is 1. The summed E-state index contributed by atoms with van der Waals surface area (Å²) in [6.07, 6.45) is 7.67. The Morgan fingerprint density at radius 1 is 1.28 bits per heavy atom. The number of anilines is 1. The molecule has 0 unspecified atom stereocenters. The van der Waals surface area contributed by atoms with Crippen LogP contribution < -0.4 is 5.32 Å². The van der Waals surface area contributed by atoms with Crippen molar-refractivity contribution in [1.29, 1.82) is 0 Å². The Morgan fingerprint density at radius 2 is 1.94 bits per heavy atom. The molecule has 1 aliphatic rings. The number of rotatable bonds is 4. The first kappa shape index (κ1) is 12.8. The molecule has 18 heavy (non-hydrogen) atoms. The Balaban J connectivity index is 1.97. The van der Waals surface area contributed by atoms with Crippen LogP contribution in [0.5, 0.6) is 0 Å². The van der Waals surface area contributed by atoms with Crippen LogP contribution in [0.4, 0.5) is 5.95 Å². The van der Waals surface area contributed by atoms with Crippen molar-refractivity contribution in [3.63, 3.8) is 0 Å². The first-order valence-electron chi connectivity index (χ1n) is 6.66. The topological polar surface area (TPSA) is 58.1 Å². The molecule has 0 aliphatic carbocycles. The number of nitrogens with one attached hydrogen (secondary N) is 1. The molecule has 5 heteroatoms. The van der Waals surface area contributed by atoms with Gasteiger partial charge >= 0.3 is 0 Å². The van der Waals surface area contributed by atoms with Gasteiger partial charge in [-0.1, -0.05) is 6.92 Å². The maximum atomic E-state index is 12.2. The highest BCUT2D eigenvalue weighted by Crippen LogP contribution is 2.12. The van der Waals surface area contributed by atoms with Gasteiger partial charge in [-0.25, -0.2) is 9.97 Å². The highest BCUT2D eigenvalue weighted by Gasteiger charge is 2.18. The van der Waals surface area contributed by atoms with Crippen molar-refractivity contribution in [2.75, 3.05) is 25.0 Å². The molecule has 1 N–H and O–H groups in total. The summed E-state index contributed by atoms with van der Waals surface area (Å²) in [6, 6.07) is 0. The van der Waals surface area contributed by atoms with Crippen molar-refractivity contribution < 1.29 is 4.79 Å². The molecule has 1 aromatic heterocycles. The fourth-order valence-electron chi connectivity index (χ4n) is 2.05. The van der Waals surface area contributed by atoms with E-state index in [2.05, 4.69) is 22.2 Å². The van der Waals surface area contributed by atoms with E-state index < -0.39 is 0 Å². The molecule has 1 aliphatic heterocycles.